The third-order valence-corrected chi connectivity index (χ3v) is 6.74. The summed E-state index contributed by atoms with van der Waals surface area (Å²) < 4.78 is 0. The third kappa shape index (κ3) is 2.27. The van der Waals surface area contributed by atoms with E-state index in [1.165, 1.54) is 4.90 Å². The highest BCUT2D eigenvalue weighted by Gasteiger charge is 2.71. The molecule has 2 saturated heterocycles. The molecule has 8 heteroatoms. The topological polar surface area (TPSA) is 98.7 Å². The molecule has 3 aliphatic rings. The summed E-state index contributed by atoms with van der Waals surface area (Å²) in [5, 5.41) is 16.7. The van der Waals surface area contributed by atoms with Crippen molar-refractivity contribution in [2.75, 3.05) is 5.32 Å². The maximum absolute atomic E-state index is 13.4. The van der Waals surface area contributed by atoms with Crippen LogP contribution < -0.4 is 10.6 Å². The van der Waals surface area contributed by atoms with Gasteiger partial charge >= 0.3 is 0 Å². The highest BCUT2D eigenvalue weighted by Crippen LogP contribution is 2.55. The standard InChI is InChI=1S/C20H24ClN3O4/c1-5-9(3)24-17(26)13-14(18(24)27)20(23-15(13)10(4)25)11-6-8(2)7-12(21)16(11)22-19(20)28/h6-7,9-10,13-15,23,25H,5H2,1-4H3,(H,22,28)/t9-,10-,13-,14-,15-,20-/m0/s1. The molecule has 0 saturated carbocycles. The molecular weight excluding hydrogens is 382 g/mol. The van der Waals surface area contributed by atoms with Crippen LogP contribution in [0.2, 0.25) is 5.02 Å². The SMILES string of the molecule is CC[C@H](C)N1C(=O)[C@@H]2[C@H]([C@H](C)O)N[C@]3(C(=O)Nc4c(Cl)cc(C)cc43)[C@@H]2C1=O. The Labute approximate surface area is 168 Å². The number of nitrogens with zero attached hydrogens (tertiary/aromatic N) is 1. The number of hydrogen-bond donors (Lipinski definition) is 3. The molecule has 7 nitrogen and oxygen atoms in total. The Bertz CT molecular complexity index is 902. The van der Waals surface area contributed by atoms with Gasteiger partial charge in [-0.2, -0.15) is 0 Å². The molecule has 6 atom stereocenters. The summed E-state index contributed by atoms with van der Waals surface area (Å²) in [6.45, 7) is 7.14. The average Bonchev–Trinajstić information content (AvgIpc) is 3.21. The molecular formula is C20H24ClN3O4. The molecule has 28 heavy (non-hydrogen) atoms. The molecule has 1 aromatic rings. The van der Waals surface area contributed by atoms with Crippen LogP contribution in [0.1, 0.15) is 38.3 Å². The maximum Gasteiger partial charge on any atom is 0.250 e. The lowest BCUT2D eigenvalue weighted by Crippen LogP contribution is -2.55. The number of halogens is 1. The van der Waals surface area contributed by atoms with Crippen molar-refractivity contribution in [1.29, 1.82) is 0 Å². The van der Waals surface area contributed by atoms with Crippen LogP contribution in [0.5, 0.6) is 0 Å². The quantitative estimate of drug-likeness (QED) is 0.663. The first-order chi connectivity index (χ1) is 13.1. The first kappa shape index (κ1) is 19.4. The fourth-order valence-corrected chi connectivity index (χ4v) is 5.30. The van der Waals surface area contributed by atoms with Crippen molar-refractivity contribution in [3.05, 3.63) is 28.3 Å². The third-order valence-electron chi connectivity index (χ3n) is 6.44. The maximum atomic E-state index is 13.4. The summed E-state index contributed by atoms with van der Waals surface area (Å²) in [6, 6.07) is 2.57. The smallest absolute Gasteiger partial charge is 0.250 e. The van der Waals surface area contributed by atoms with Crippen molar-refractivity contribution in [1.82, 2.24) is 10.2 Å². The van der Waals surface area contributed by atoms with Crippen molar-refractivity contribution in [2.24, 2.45) is 11.8 Å². The van der Waals surface area contributed by atoms with Gasteiger partial charge in [-0.15, -0.1) is 0 Å². The fraction of sp³-hybridized carbons (Fsp3) is 0.550. The van der Waals surface area contributed by atoms with Crippen LogP contribution in [0.15, 0.2) is 12.1 Å². The minimum absolute atomic E-state index is 0.276. The first-order valence-corrected chi connectivity index (χ1v) is 9.97. The van der Waals surface area contributed by atoms with Gasteiger partial charge in [0.05, 0.1) is 28.6 Å². The monoisotopic (exact) mass is 405 g/mol. The zero-order chi connectivity index (χ0) is 20.5. The number of hydrogen-bond acceptors (Lipinski definition) is 5. The summed E-state index contributed by atoms with van der Waals surface area (Å²) in [6.07, 6.45) is -0.303. The van der Waals surface area contributed by atoms with Gasteiger partial charge in [-0.1, -0.05) is 24.6 Å². The van der Waals surface area contributed by atoms with E-state index >= 15 is 0 Å². The molecule has 0 bridgehead atoms. The van der Waals surface area contributed by atoms with E-state index < -0.39 is 35.4 Å². The van der Waals surface area contributed by atoms with Gasteiger partial charge in [0.15, 0.2) is 0 Å². The number of aliphatic hydroxyl groups excluding tert-OH is 1. The van der Waals surface area contributed by atoms with Crippen molar-refractivity contribution < 1.29 is 19.5 Å². The van der Waals surface area contributed by atoms with Gasteiger partial charge in [0.2, 0.25) is 17.7 Å². The predicted octanol–water partition coefficient (Wildman–Crippen LogP) is 1.55. The summed E-state index contributed by atoms with van der Waals surface area (Å²) in [5.74, 6) is -2.86. The Morgan fingerprint density at radius 1 is 1.25 bits per heavy atom. The van der Waals surface area contributed by atoms with Gasteiger partial charge < -0.3 is 10.4 Å². The highest BCUT2D eigenvalue weighted by molar-refractivity contribution is 6.35. The molecule has 1 spiro atoms. The van der Waals surface area contributed by atoms with Crippen LogP contribution in [0, 0.1) is 18.8 Å². The summed E-state index contributed by atoms with van der Waals surface area (Å²) in [4.78, 5) is 41.1. The van der Waals surface area contributed by atoms with Crippen LogP contribution in [-0.2, 0) is 19.9 Å². The Kier molecular flexibility index (Phi) is 4.34. The lowest BCUT2D eigenvalue weighted by atomic mass is 9.76. The molecule has 4 rings (SSSR count). The van der Waals surface area contributed by atoms with Gasteiger partial charge in [0.25, 0.3) is 0 Å². The Morgan fingerprint density at radius 2 is 1.93 bits per heavy atom. The van der Waals surface area contributed by atoms with Gasteiger partial charge in [-0.05, 0) is 38.8 Å². The number of carbonyl (C=O) groups is 3. The zero-order valence-electron chi connectivity index (χ0n) is 16.2. The number of benzene rings is 1. The number of carbonyl (C=O) groups excluding carboxylic acids is 3. The van der Waals surface area contributed by atoms with Crippen molar-refractivity contribution in [3.63, 3.8) is 0 Å². The Balaban J connectivity index is 1.94. The van der Waals surface area contributed by atoms with Crippen LogP contribution in [-0.4, -0.2) is 45.9 Å². The minimum atomic E-state index is -1.42. The van der Waals surface area contributed by atoms with Gasteiger partial charge in [-0.3, -0.25) is 24.6 Å². The Morgan fingerprint density at radius 3 is 2.54 bits per heavy atom. The molecule has 150 valence electrons. The van der Waals surface area contributed by atoms with Crippen molar-refractivity contribution >= 4 is 35.0 Å². The van der Waals surface area contributed by atoms with Crippen LogP contribution >= 0.6 is 11.6 Å². The van der Waals surface area contributed by atoms with Crippen LogP contribution in [0.25, 0.3) is 0 Å². The number of nitrogens with one attached hydrogen (secondary N) is 2. The van der Waals surface area contributed by atoms with Crippen LogP contribution in [0.3, 0.4) is 0 Å². The lowest BCUT2D eigenvalue weighted by Gasteiger charge is -2.31. The lowest BCUT2D eigenvalue weighted by molar-refractivity contribution is -0.145. The molecule has 0 aliphatic carbocycles. The normalized spacial score (nSPS) is 33.3. The summed E-state index contributed by atoms with van der Waals surface area (Å²) >= 11 is 6.36. The highest BCUT2D eigenvalue weighted by atomic mass is 35.5. The molecule has 3 aliphatic heterocycles. The molecule has 2 fully saturated rings. The number of aliphatic hydroxyl groups is 1. The van der Waals surface area contributed by atoms with Gasteiger partial charge in [0.1, 0.15) is 5.54 Å². The number of rotatable bonds is 3. The van der Waals surface area contributed by atoms with Gasteiger partial charge in [0, 0.05) is 17.6 Å². The van der Waals surface area contributed by atoms with E-state index in [1.54, 1.807) is 13.0 Å². The molecule has 0 unspecified atom stereocenters. The van der Waals surface area contributed by atoms with E-state index in [1.807, 2.05) is 26.8 Å². The number of fused-ring (bicyclic) bond motifs is 4. The number of imide groups is 1. The second-order valence-corrected chi connectivity index (χ2v) is 8.56. The average molecular weight is 406 g/mol. The molecule has 0 aromatic heterocycles. The second kappa shape index (κ2) is 6.27. The van der Waals surface area contributed by atoms with E-state index in [9.17, 15) is 19.5 Å². The van der Waals surface area contributed by atoms with Gasteiger partial charge in [-0.25, -0.2) is 0 Å². The zero-order valence-corrected chi connectivity index (χ0v) is 17.0. The Hall–Kier alpha value is -1.96. The van der Waals surface area contributed by atoms with Crippen LogP contribution in [0.4, 0.5) is 5.69 Å². The number of likely N-dealkylation sites (tertiary alicyclic amines) is 1. The predicted molar refractivity (Wildman–Crippen MR) is 104 cm³/mol. The number of amides is 3. The summed E-state index contributed by atoms with van der Waals surface area (Å²) in [7, 11) is 0. The largest absolute Gasteiger partial charge is 0.392 e. The fourth-order valence-electron chi connectivity index (χ4n) is 4.98. The molecule has 3 N–H and O–H groups in total. The van der Waals surface area contributed by atoms with E-state index in [4.69, 9.17) is 11.6 Å². The van der Waals surface area contributed by atoms with E-state index in [0.29, 0.717) is 22.7 Å². The number of aryl methyl sites for hydroxylation is 1. The second-order valence-electron chi connectivity index (χ2n) is 8.15. The molecule has 1 aromatic carbocycles. The van der Waals surface area contributed by atoms with E-state index in [0.717, 1.165) is 5.56 Å². The molecule has 3 heterocycles. The summed E-state index contributed by atoms with van der Waals surface area (Å²) in [5.41, 5.74) is 0.436. The molecule has 0 radical (unpaired) electrons. The first-order valence-electron chi connectivity index (χ1n) is 9.59. The number of anilines is 1. The molecule has 3 amide bonds. The van der Waals surface area contributed by atoms with Crippen molar-refractivity contribution in [3.8, 4) is 0 Å². The van der Waals surface area contributed by atoms with Crippen molar-refractivity contribution in [2.45, 2.75) is 57.8 Å². The van der Waals surface area contributed by atoms with E-state index in [-0.39, 0.29) is 17.9 Å². The minimum Gasteiger partial charge on any atom is -0.392 e. The van der Waals surface area contributed by atoms with E-state index in [2.05, 4.69) is 10.6 Å².